The number of carbonyl (C=O) groups is 5. The van der Waals surface area contributed by atoms with E-state index in [4.69, 9.17) is 5.73 Å². The van der Waals surface area contributed by atoms with Crippen LogP contribution in [0.3, 0.4) is 0 Å². The van der Waals surface area contributed by atoms with Gasteiger partial charge in [0.05, 0.1) is 10.7 Å². The minimum absolute atomic E-state index is 0.0112. The van der Waals surface area contributed by atoms with Crippen LogP contribution in [0, 0.1) is 0 Å². The van der Waals surface area contributed by atoms with Gasteiger partial charge in [0.25, 0.3) is 0 Å². The van der Waals surface area contributed by atoms with Gasteiger partial charge in [0.1, 0.15) is 41.7 Å². The molecule has 2 aromatic rings. The van der Waals surface area contributed by atoms with Gasteiger partial charge < -0.3 is 42.1 Å². The summed E-state index contributed by atoms with van der Waals surface area (Å²) in [4.78, 5) is 64.9. The van der Waals surface area contributed by atoms with Crippen LogP contribution in [0.2, 0.25) is 0 Å². The number of hydrogen-bond donors (Lipinski definition) is 10. The third kappa shape index (κ3) is 8.51. The Kier molecular flexibility index (Phi) is 11.2. The Hall–Kier alpha value is -4.03. The quantitative estimate of drug-likeness (QED) is 0.143. The molecule has 0 aliphatic carbocycles. The first-order chi connectivity index (χ1) is 22.4. The van der Waals surface area contributed by atoms with E-state index in [1.807, 2.05) is 0 Å². The summed E-state index contributed by atoms with van der Waals surface area (Å²) in [6, 6.07) is 5.17. The number of nitrogens with two attached hydrogens (primary N) is 1. The number of thioether (sulfide) groups is 2. The van der Waals surface area contributed by atoms with Crippen molar-refractivity contribution in [3.05, 3.63) is 59.7 Å². The molecule has 260 valence electrons. The Morgan fingerprint density at radius 1 is 0.750 bits per heavy atom. The van der Waals surface area contributed by atoms with Crippen LogP contribution in [0.25, 0.3) is 0 Å². The molecule has 2 aliphatic heterocycles. The predicted molar refractivity (Wildman–Crippen MR) is 179 cm³/mol. The van der Waals surface area contributed by atoms with Crippen molar-refractivity contribution in [3.8, 4) is 11.5 Å². The van der Waals surface area contributed by atoms with E-state index in [9.17, 15) is 44.4 Å². The maximum atomic E-state index is 14.1. The van der Waals surface area contributed by atoms with Crippen molar-refractivity contribution < 1.29 is 44.4 Å². The van der Waals surface area contributed by atoms with E-state index in [0.29, 0.717) is 5.56 Å². The number of phenols is 2. The summed E-state index contributed by atoms with van der Waals surface area (Å²) in [5.41, 5.74) is 6.82. The number of aliphatic carboxylic acids is 2. The van der Waals surface area contributed by atoms with Crippen molar-refractivity contribution >= 4 is 53.2 Å². The third-order valence-electron chi connectivity index (χ3n) is 8.10. The van der Waals surface area contributed by atoms with E-state index in [2.05, 4.69) is 26.6 Å². The standard InChI is InChI=1S/C31H40N6O9S2/c1-30(2)22(28(43)44)34-18(47-30)13-33-25(41)20(15-7-11-17(39)12-8-15)35-26(42)21(27-37-23(29(45)46)31(3,4)48-27)36-24(40)19(32)14-5-9-16(38)10-6-14/h5-12,18-23,27,34,37-39H,13,32H2,1-4H3,(H,33,41)(H,35,42)(H,36,40)(H,43,44)(H,45,46)/t18-,19-,20-,21-,22+,23+,27-/m1/s1. The molecule has 11 N–H and O–H groups in total. The molecule has 2 heterocycles. The Balaban J connectivity index is 1.59. The molecule has 0 unspecified atom stereocenters. The minimum Gasteiger partial charge on any atom is -0.508 e. The van der Waals surface area contributed by atoms with Crippen LogP contribution in [0.4, 0.5) is 0 Å². The Morgan fingerprint density at radius 3 is 1.75 bits per heavy atom. The van der Waals surface area contributed by atoms with Crippen LogP contribution in [0.5, 0.6) is 11.5 Å². The maximum Gasteiger partial charge on any atom is 0.322 e. The van der Waals surface area contributed by atoms with Crippen molar-refractivity contribution in [1.82, 2.24) is 26.6 Å². The lowest BCUT2D eigenvalue weighted by molar-refractivity contribution is -0.141. The second-order valence-electron chi connectivity index (χ2n) is 12.6. The zero-order valence-corrected chi connectivity index (χ0v) is 28.2. The van der Waals surface area contributed by atoms with Crippen LogP contribution >= 0.6 is 23.5 Å². The number of carboxylic acid groups (broad SMARTS) is 2. The van der Waals surface area contributed by atoms with Gasteiger partial charge in [-0.2, -0.15) is 0 Å². The van der Waals surface area contributed by atoms with Gasteiger partial charge in [-0.1, -0.05) is 24.3 Å². The van der Waals surface area contributed by atoms with Crippen LogP contribution in [0.15, 0.2) is 48.5 Å². The zero-order valence-electron chi connectivity index (χ0n) is 26.6. The molecule has 15 nitrogen and oxygen atoms in total. The van der Waals surface area contributed by atoms with E-state index >= 15 is 0 Å². The highest BCUT2D eigenvalue weighted by molar-refractivity contribution is 8.01. The normalized spacial score (nSPS) is 24.5. The van der Waals surface area contributed by atoms with Crippen molar-refractivity contribution in [3.63, 3.8) is 0 Å². The molecular weight excluding hydrogens is 665 g/mol. The second-order valence-corrected chi connectivity index (χ2v) is 16.2. The van der Waals surface area contributed by atoms with Crippen molar-refractivity contribution in [2.75, 3.05) is 6.54 Å². The summed E-state index contributed by atoms with van der Waals surface area (Å²) in [6.07, 6.45) is 0. The van der Waals surface area contributed by atoms with Gasteiger partial charge in [0.2, 0.25) is 17.7 Å². The number of amides is 3. The lowest BCUT2D eigenvalue weighted by atomic mass is 10.0. The van der Waals surface area contributed by atoms with Gasteiger partial charge in [-0.05, 0) is 63.1 Å². The number of rotatable bonds is 12. The monoisotopic (exact) mass is 704 g/mol. The molecular formula is C31H40N6O9S2. The first kappa shape index (κ1) is 36.8. The molecule has 4 rings (SSSR count). The van der Waals surface area contributed by atoms with Gasteiger partial charge in [0.15, 0.2) is 0 Å². The number of hydrogen-bond acceptors (Lipinski definition) is 12. The highest BCUT2D eigenvalue weighted by Crippen LogP contribution is 2.40. The van der Waals surface area contributed by atoms with Crippen molar-refractivity contribution in [2.45, 2.75) is 78.1 Å². The fourth-order valence-corrected chi connectivity index (χ4v) is 8.40. The van der Waals surface area contributed by atoms with Gasteiger partial charge in [-0.25, -0.2) is 0 Å². The predicted octanol–water partition coefficient (Wildman–Crippen LogP) is 0.345. The highest BCUT2D eigenvalue weighted by atomic mass is 32.2. The van der Waals surface area contributed by atoms with Gasteiger partial charge in [-0.3, -0.25) is 34.6 Å². The topological polar surface area (TPSA) is 252 Å². The zero-order chi connectivity index (χ0) is 35.6. The molecule has 2 saturated heterocycles. The van der Waals surface area contributed by atoms with Crippen molar-refractivity contribution in [1.29, 1.82) is 0 Å². The number of benzene rings is 2. The van der Waals surface area contributed by atoms with Crippen LogP contribution in [-0.2, 0) is 24.0 Å². The molecule has 0 saturated carbocycles. The minimum atomic E-state index is -1.43. The molecule has 2 aromatic carbocycles. The molecule has 0 radical (unpaired) electrons. The highest BCUT2D eigenvalue weighted by Gasteiger charge is 2.50. The van der Waals surface area contributed by atoms with Crippen LogP contribution in [0.1, 0.15) is 50.9 Å². The van der Waals surface area contributed by atoms with E-state index in [1.165, 1.54) is 60.3 Å². The number of carbonyl (C=O) groups excluding carboxylic acids is 3. The summed E-state index contributed by atoms with van der Waals surface area (Å²) in [5, 5.41) is 51.4. The largest absolute Gasteiger partial charge is 0.508 e. The Bertz CT molecular complexity index is 1540. The summed E-state index contributed by atoms with van der Waals surface area (Å²) in [6.45, 7) is 6.92. The summed E-state index contributed by atoms with van der Waals surface area (Å²) in [7, 11) is 0. The smallest absolute Gasteiger partial charge is 0.322 e. The SMILES string of the molecule is CC1(C)S[C@H](CNC(=O)[C@H](NC(=O)[C@@H](NC(=O)[C@H](N)c2ccc(O)cc2)[C@@H]2N[C@@H](C(=O)O)C(C)(C)S2)c2ccc(O)cc2)N[C@H]1C(=O)O. The number of phenolic OH excluding ortho intramolecular Hbond substituents is 2. The van der Waals surface area contributed by atoms with Gasteiger partial charge in [0, 0.05) is 16.0 Å². The third-order valence-corrected chi connectivity index (χ3v) is 11.0. The molecule has 17 heteroatoms. The average molecular weight is 705 g/mol. The molecule has 0 aromatic heterocycles. The summed E-state index contributed by atoms with van der Waals surface area (Å²) >= 11 is 2.46. The van der Waals surface area contributed by atoms with E-state index in [0.717, 1.165) is 11.8 Å². The molecule has 48 heavy (non-hydrogen) atoms. The van der Waals surface area contributed by atoms with E-state index < -0.39 is 80.1 Å². The van der Waals surface area contributed by atoms with E-state index in [1.54, 1.807) is 27.7 Å². The second kappa shape index (κ2) is 14.6. The molecule has 7 atom stereocenters. The van der Waals surface area contributed by atoms with Crippen LogP contribution in [-0.4, -0.2) is 95.0 Å². The van der Waals surface area contributed by atoms with Crippen molar-refractivity contribution in [2.24, 2.45) is 5.73 Å². The average Bonchev–Trinajstić information content (AvgIpc) is 3.51. The number of nitrogens with one attached hydrogen (secondary N) is 5. The van der Waals surface area contributed by atoms with Gasteiger partial charge in [-0.15, -0.1) is 23.5 Å². The number of aromatic hydroxyl groups is 2. The summed E-state index contributed by atoms with van der Waals surface area (Å²) in [5.74, 6) is -4.57. The first-order valence-corrected chi connectivity index (χ1v) is 16.7. The lowest BCUT2D eigenvalue weighted by Gasteiger charge is -2.28. The van der Waals surface area contributed by atoms with Crippen LogP contribution < -0.4 is 32.3 Å². The molecule has 0 spiro atoms. The lowest BCUT2D eigenvalue weighted by Crippen LogP contribution is -2.59. The molecule has 2 fully saturated rings. The maximum absolute atomic E-state index is 14.1. The fraction of sp³-hybridized carbons (Fsp3) is 0.452. The molecule has 3 amide bonds. The molecule has 2 aliphatic rings. The molecule has 0 bridgehead atoms. The Labute approximate surface area is 285 Å². The van der Waals surface area contributed by atoms with E-state index in [-0.39, 0.29) is 23.6 Å². The first-order valence-electron chi connectivity index (χ1n) is 14.9. The van der Waals surface area contributed by atoms with Gasteiger partial charge >= 0.3 is 11.9 Å². The number of carboxylic acids is 2. The summed E-state index contributed by atoms with van der Waals surface area (Å²) < 4.78 is -1.56. The Morgan fingerprint density at radius 2 is 1.25 bits per heavy atom. The fourth-order valence-electron chi connectivity index (χ4n) is 5.50.